The van der Waals surface area contributed by atoms with Gasteiger partial charge in [-0.25, -0.2) is 0 Å². The van der Waals surface area contributed by atoms with Gasteiger partial charge in [-0.2, -0.15) is 5.11 Å². The van der Waals surface area contributed by atoms with Crippen LogP contribution in [0.2, 0.25) is 0 Å². The maximum Gasteiger partial charge on any atom is 0.218 e. The van der Waals surface area contributed by atoms with E-state index in [0.717, 1.165) is 6.54 Å². The molecule has 3 rings (SSSR count). The van der Waals surface area contributed by atoms with Crippen molar-refractivity contribution in [2.75, 3.05) is 0 Å². The number of hydrogen-bond donors (Lipinski definition) is 0. The summed E-state index contributed by atoms with van der Waals surface area (Å²) in [5, 5.41) is 10.9. The highest BCUT2D eigenvalue weighted by molar-refractivity contribution is 7.80. The second-order valence-electron chi connectivity index (χ2n) is 4.00. The predicted molar refractivity (Wildman–Crippen MR) is 76.5 cm³/mol. The van der Waals surface area contributed by atoms with Crippen molar-refractivity contribution in [3.05, 3.63) is 58.3 Å². The summed E-state index contributed by atoms with van der Waals surface area (Å²) in [5.41, 5.74) is 1.22. The quantitative estimate of drug-likeness (QED) is 0.791. The first-order chi connectivity index (χ1) is 8.84. The van der Waals surface area contributed by atoms with Gasteiger partial charge in [-0.1, -0.05) is 36.4 Å². The maximum absolute atomic E-state index is 5.26. The number of thiophene rings is 1. The Morgan fingerprint density at radius 3 is 2.72 bits per heavy atom. The Labute approximate surface area is 115 Å². The molecule has 0 saturated carbocycles. The van der Waals surface area contributed by atoms with Crippen molar-refractivity contribution in [1.82, 2.24) is 4.90 Å². The molecule has 1 aromatic carbocycles. The van der Waals surface area contributed by atoms with Gasteiger partial charge in [0.1, 0.15) is 0 Å². The molecule has 90 valence electrons. The topological polar surface area (TPSA) is 28.0 Å². The minimum atomic E-state index is -0.0577. The third kappa shape index (κ3) is 2.19. The van der Waals surface area contributed by atoms with Crippen LogP contribution in [0.25, 0.3) is 0 Å². The van der Waals surface area contributed by atoms with Gasteiger partial charge in [-0.15, -0.1) is 16.5 Å². The van der Waals surface area contributed by atoms with E-state index < -0.39 is 0 Å². The Balaban J connectivity index is 1.84. The van der Waals surface area contributed by atoms with Crippen LogP contribution in [-0.4, -0.2) is 10.0 Å². The lowest BCUT2D eigenvalue weighted by Crippen LogP contribution is -2.26. The van der Waals surface area contributed by atoms with Gasteiger partial charge in [0.15, 0.2) is 6.17 Å². The third-order valence-electron chi connectivity index (χ3n) is 2.79. The standard InChI is InChI=1S/C13H11N3S2/c17-13-15-14-12(11-7-4-8-18-11)16(13)9-10-5-2-1-3-6-10/h1-8,12H,9H2. The Hall–Kier alpha value is -1.59. The van der Waals surface area contributed by atoms with Crippen LogP contribution in [0, 0.1) is 0 Å². The number of thiocarbonyl (C=S) groups is 1. The molecule has 0 radical (unpaired) electrons. The summed E-state index contributed by atoms with van der Waals surface area (Å²) >= 11 is 6.94. The van der Waals surface area contributed by atoms with E-state index in [4.69, 9.17) is 12.2 Å². The molecule has 3 nitrogen and oxygen atoms in total. The summed E-state index contributed by atoms with van der Waals surface area (Å²) in [6.45, 7) is 0.745. The van der Waals surface area contributed by atoms with Crippen molar-refractivity contribution < 1.29 is 0 Å². The zero-order chi connectivity index (χ0) is 12.4. The van der Waals surface area contributed by atoms with Crippen molar-refractivity contribution in [1.29, 1.82) is 0 Å². The average Bonchev–Trinajstić information content (AvgIpc) is 3.02. The van der Waals surface area contributed by atoms with E-state index in [1.165, 1.54) is 10.4 Å². The van der Waals surface area contributed by atoms with E-state index in [2.05, 4.69) is 33.3 Å². The summed E-state index contributed by atoms with van der Waals surface area (Å²) in [6.07, 6.45) is -0.0577. The number of benzene rings is 1. The maximum atomic E-state index is 5.26. The van der Waals surface area contributed by atoms with Gasteiger partial charge >= 0.3 is 0 Å². The molecule has 1 aliphatic rings. The van der Waals surface area contributed by atoms with Gasteiger partial charge in [0.2, 0.25) is 5.11 Å². The molecule has 0 saturated heterocycles. The first-order valence-electron chi connectivity index (χ1n) is 5.63. The van der Waals surface area contributed by atoms with Gasteiger partial charge in [-0.3, -0.25) is 0 Å². The molecule has 18 heavy (non-hydrogen) atoms. The molecule has 0 spiro atoms. The van der Waals surface area contributed by atoms with Crippen LogP contribution in [0.5, 0.6) is 0 Å². The van der Waals surface area contributed by atoms with E-state index in [1.807, 2.05) is 29.6 Å². The predicted octanol–water partition coefficient (Wildman–Crippen LogP) is 4.00. The van der Waals surface area contributed by atoms with E-state index in [0.29, 0.717) is 5.11 Å². The molecule has 1 aliphatic heterocycles. The molecule has 0 bridgehead atoms. The van der Waals surface area contributed by atoms with Gasteiger partial charge in [-0.05, 0) is 29.2 Å². The van der Waals surface area contributed by atoms with E-state index in [1.54, 1.807) is 11.3 Å². The van der Waals surface area contributed by atoms with Gasteiger partial charge in [0.25, 0.3) is 0 Å². The first-order valence-corrected chi connectivity index (χ1v) is 6.92. The van der Waals surface area contributed by atoms with Crippen LogP contribution in [-0.2, 0) is 6.54 Å². The summed E-state index contributed by atoms with van der Waals surface area (Å²) in [4.78, 5) is 3.23. The van der Waals surface area contributed by atoms with Crippen LogP contribution >= 0.6 is 23.6 Å². The Bertz CT molecular complexity index is 563. The average molecular weight is 273 g/mol. The molecule has 1 atom stereocenters. The lowest BCUT2D eigenvalue weighted by molar-refractivity contribution is 0.345. The van der Waals surface area contributed by atoms with Crippen molar-refractivity contribution in [3.8, 4) is 0 Å². The zero-order valence-electron chi connectivity index (χ0n) is 9.56. The Morgan fingerprint density at radius 1 is 1.17 bits per heavy atom. The highest BCUT2D eigenvalue weighted by Crippen LogP contribution is 2.32. The highest BCUT2D eigenvalue weighted by atomic mass is 32.1. The van der Waals surface area contributed by atoms with Gasteiger partial charge in [0, 0.05) is 6.54 Å². The molecule has 5 heteroatoms. The fourth-order valence-corrected chi connectivity index (χ4v) is 2.89. The van der Waals surface area contributed by atoms with Gasteiger partial charge in [0.05, 0.1) is 4.88 Å². The third-order valence-corrected chi connectivity index (χ3v) is 4.02. The van der Waals surface area contributed by atoms with E-state index in [-0.39, 0.29) is 6.17 Å². The number of rotatable bonds is 3. The number of azo groups is 1. The fraction of sp³-hybridized carbons (Fsp3) is 0.154. The lowest BCUT2D eigenvalue weighted by atomic mass is 10.2. The summed E-state index contributed by atoms with van der Waals surface area (Å²) in [7, 11) is 0. The summed E-state index contributed by atoms with van der Waals surface area (Å²) < 4.78 is 0. The molecule has 0 aliphatic carbocycles. The van der Waals surface area contributed by atoms with E-state index in [9.17, 15) is 0 Å². The SMILES string of the molecule is S=C1N=NC(c2cccs2)N1Cc1ccccc1. The minimum Gasteiger partial charge on any atom is -0.313 e. The monoisotopic (exact) mass is 273 g/mol. The largest absolute Gasteiger partial charge is 0.313 e. The van der Waals surface area contributed by atoms with Crippen LogP contribution < -0.4 is 0 Å². The smallest absolute Gasteiger partial charge is 0.218 e. The van der Waals surface area contributed by atoms with Crippen molar-refractivity contribution in [2.45, 2.75) is 12.7 Å². The molecular weight excluding hydrogens is 262 g/mol. The van der Waals surface area contributed by atoms with Crippen LogP contribution in [0.15, 0.2) is 58.1 Å². The van der Waals surface area contributed by atoms with E-state index >= 15 is 0 Å². The molecule has 2 heterocycles. The Kier molecular flexibility index (Phi) is 3.17. The van der Waals surface area contributed by atoms with Crippen LogP contribution in [0.1, 0.15) is 16.6 Å². The normalized spacial score (nSPS) is 18.6. The Morgan fingerprint density at radius 2 is 2.00 bits per heavy atom. The zero-order valence-corrected chi connectivity index (χ0v) is 11.2. The molecule has 2 aromatic rings. The molecule has 0 N–H and O–H groups in total. The first kappa shape index (κ1) is 11.5. The van der Waals surface area contributed by atoms with Crippen molar-refractivity contribution in [2.24, 2.45) is 10.2 Å². The molecular formula is C13H11N3S2. The molecule has 1 unspecified atom stereocenters. The summed E-state index contributed by atoms with van der Waals surface area (Å²) in [5.74, 6) is 0. The molecule has 0 fully saturated rings. The fourth-order valence-electron chi connectivity index (χ4n) is 1.91. The minimum absolute atomic E-state index is 0.0577. The number of hydrogen-bond acceptors (Lipinski definition) is 3. The van der Waals surface area contributed by atoms with Crippen LogP contribution in [0.3, 0.4) is 0 Å². The van der Waals surface area contributed by atoms with Gasteiger partial charge < -0.3 is 4.90 Å². The van der Waals surface area contributed by atoms with Crippen molar-refractivity contribution in [3.63, 3.8) is 0 Å². The summed E-state index contributed by atoms with van der Waals surface area (Å²) in [6, 6.07) is 14.3. The lowest BCUT2D eigenvalue weighted by Gasteiger charge is -2.22. The highest BCUT2D eigenvalue weighted by Gasteiger charge is 2.28. The van der Waals surface area contributed by atoms with Crippen LogP contribution in [0.4, 0.5) is 0 Å². The second-order valence-corrected chi connectivity index (χ2v) is 5.35. The molecule has 1 aromatic heterocycles. The molecule has 0 amide bonds. The van der Waals surface area contributed by atoms with Crippen molar-refractivity contribution >= 4 is 28.7 Å². The number of nitrogens with zero attached hydrogens (tertiary/aromatic N) is 3. The second kappa shape index (κ2) is 4.96.